The molecule has 9 heteroatoms. The van der Waals surface area contributed by atoms with Crippen LogP contribution in [0.4, 0.5) is 10.1 Å². The van der Waals surface area contributed by atoms with Crippen LogP contribution in [0.5, 0.6) is 0 Å². The first-order chi connectivity index (χ1) is 10.8. The van der Waals surface area contributed by atoms with E-state index in [1.54, 1.807) is 0 Å². The Hall–Kier alpha value is -1.67. The number of rotatable bonds is 5. The van der Waals surface area contributed by atoms with Gasteiger partial charge < -0.3 is 5.32 Å². The molecule has 0 spiro atoms. The molecule has 0 saturated carbocycles. The lowest BCUT2D eigenvalue weighted by molar-refractivity contribution is -0.115. The van der Waals surface area contributed by atoms with Crippen LogP contribution in [0.15, 0.2) is 47.4 Å². The van der Waals surface area contributed by atoms with Crippen molar-refractivity contribution < 1.29 is 17.6 Å². The van der Waals surface area contributed by atoms with Crippen molar-refractivity contribution in [3.8, 4) is 0 Å². The van der Waals surface area contributed by atoms with Gasteiger partial charge in [0.15, 0.2) is 0 Å². The van der Waals surface area contributed by atoms with Gasteiger partial charge in [0.25, 0.3) is 0 Å². The highest BCUT2D eigenvalue weighted by Crippen LogP contribution is 2.25. The van der Waals surface area contributed by atoms with E-state index in [1.165, 1.54) is 18.2 Å². The zero-order valence-corrected chi connectivity index (χ0v) is 13.8. The van der Waals surface area contributed by atoms with Crippen molar-refractivity contribution in [1.82, 2.24) is 4.72 Å². The van der Waals surface area contributed by atoms with Gasteiger partial charge in [-0.1, -0.05) is 23.2 Å². The number of sulfonamides is 1. The quantitative estimate of drug-likeness (QED) is 0.841. The van der Waals surface area contributed by atoms with E-state index in [2.05, 4.69) is 10.0 Å². The third kappa shape index (κ3) is 4.90. The van der Waals surface area contributed by atoms with E-state index in [0.717, 1.165) is 24.3 Å². The van der Waals surface area contributed by atoms with Gasteiger partial charge in [-0.05, 0) is 42.5 Å². The Kier molecular flexibility index (Phi) is 5.59. The summed E-state index contributed by atoms with van der Waals surface area (Å²) in [4.78, 5) is 11.6. The molecule has 0 radical (unpaired) electrons. The predicted octanol–water partition coefficient (Wildman–Crippen LogP) is 3.05. The first-order valence-corrected chi connectivity index (χ1v) is 8.52. The second kappa shape index (κ2) is 7.27. The molecule has 23 heavy (non-hydrogen) atoms. The number of carbonyl (C=O) groups excluding carboxylic acids is 1. The lowest BCUT2D eigenvalue weighted by Crippen LogP contribution is -2.32. The molecule has 0 atom stereocenters. The van der Waals surface area contributed by atoms with Gasteiger partial charge in [-0.25, -0.2) is 17.5 Å². The number of carbonyl (C=O) groups is 1. The topological polar surface area (TPSA) is 75.3 Å². The zero-order chi connectivity index (χ0) is 17.0. The molecular formula is C14H11Cl2FN2O3S. The molecule has 0 aliphatic heterocycles. The average Bonchev–Trinajstić information content (AvgIpc) is 2.49. The SMILES string of the molecule is O=C(CNS(=O)(=O)c1ccc(F)cc1)Nc1ccc(Cl)cc1Cl. The van der Waals surface area contributed by atoms with Gasteiger partial charge in [-0.2, -0.15) is 0 Å². The molecule has 2 aromatic rings. The van der Waals surface area contributed by atoms with Crippen molar-refractivity contribution in [2.45, 2.75) is 4.90 Å². The second-order valence-corrected chi connectivity index (χ2v) is 7.06. The Morgan fingerprint density at radius 2 is 1.74 bits per heavy atom. The minimum Gasteiger partial charge on any atom is -0.324 e. The Morgan fingerprint density at radius 1 is 1.09 bits per heavy atom. The summed E-state index contributed by atoms with van der Waals surface area (Å²) in [6.45, 7) is -0.501. The Bertz CT molecular complexity index is 826. The third-order valence-electron chi connectivity index (χ3n) is 2.75. The predicted molar refractivity (Wildman–Crippen MR) is 86.7 cm³/mol. The Balaban J connectivity index is 1.99. The van der Waals surface area contributed by atoms with E-state index in [4.69, 9.17) is 23.2 Å². The molecule has 5 nitrogen and oxygen atoms in total. The fourth-order valence-corrected chi connectivity index (χ4v) is 3.08. The standard InChI is InChI=1S/C14H11Cl2FN2O3S/c15-9-1-6-13(12(16)7-9)19-14(20)8-18-23(21,22)11-4-2-10(17)3-5-11/h1-7,18H,8H2,(H,19,20). The first-order valence-electron chi connectivity index (χ1n) is 6.28. The molecule has 1 amide bonds. The number of amides is 1. The monoisotopic (exact) mass is 376 g/mol. The number of hydrogen-bond donors (Lipinski definition) is 2. The molecular weight excluding hydrogens is 366 g/mol. The summed E-state index contributed by atoms with van der Waals surface area (Å²) in [5.41, 5.74) is 0.307. The van der Waals surface area contributed by atoms with Crippen LogP contribution in [0.1, 0.15) is 0 Å². The van der Waals surface area contributed by atoms with Crippen LogP contribution in [0.2, 0.25) is 10.0 Å². The highest BCUT2D eigenvalue weighted by Gasteiger charge is 2.16. The third-order valence-corrected chi connectivity index (χ3v) is 4.72. The van der Waals surface area contributed by atoms with Crippen LogP contribution in [-0.4, -0.2) is 20.9 Å². The Morgan fingerprint density at radius 3 is 2.35 bits per heavy atom. The summed E-state index contributed by atoms with van der Waals surface area (Å²) in [6, 6.07) is 8.71. The van der Waals surface area contributed by atoms with Gasteiger partial charge in [0.05, 0.1) is 22.2 Å². The summed E-state index contributed by atoms with van der Waals surface area (Å²) < 4.78 is 38.8. The molecule has 0 heterocycles. The molecule has 0 unspecified atom stereocenters. The van der Waals surface area contributed by atoms with Crippen molar-refractivity contribution in [3.05, 3.63) is 58.3 Å². The van der Waals surface area contributed by atoms with Gasteiger partial charge in [0.2, 0.25) is 15.9 Å². The maximum Gasteiger partial charge on any atom is 0.241 e. The highest BCUT2D eigenvalue weighted by molar-refractivity contribution is 7.89. The molecule has 2 rings (SSSR count). The van der Waals surface area contributed by atoms with Crippen molar-refractivity contribution in [2.75, 3.05) is 11.9 Å². The molecule has 0 bridgehead atoms. The summed E-state index contributed by atoms with van der Waals surface area (Å²) >= 11 is 11.6. The molecule has 122 valence electrons. The second-order valence-electron chi connectivity index (χ2n) is 4.45. The maximum absolute atomic E-state index is 12.8. The molecule has 0 saturated heterocycles. The minimum absolute atomic E-state index is 0.142. The van der Waals surface area contributed by atoms with E-state index in [-0.39, 0.29) is 9.92 Å². The lowest BCUT2D eigenvalue weighted by atomic mass is 10.3. The lowest BCUT2D eigenvalue weighted by Gasteiger charge is -2.09. The van der Waals surface area contributed by atoms with E-state index in [9.17, 15) is 17.6 Å². The Labute approximate surface area is 142 Å². The van der Waals surface area contributed by atoms with Crippen molar-refractivity contribution in [1.29, 1.82) is 0 Å². The molecule has 0 aromatic heterocycles. The number of benzene rings is 2. The number of nitrogens with one attached hydrogen (secondary N) is 2. The zero-order valence-electron chi connectivity index (χ0n) is 11.5. The van der Waals surface area contributed by atoms with Gasteiger partial charge in [0, 0.05) is 5.02 Å². The summed E-state index contributed by atoms with van der Waals surface area (Å²) in [6.07, 6.45) is 0. The van der Waals surface area contributed by atoms with Gasteiger partial charge >= 0.3 is 0 Å². The van der Waals surface area contributed by atoms with Crippen LogP contribution in [-0.2, 0) is 14.8 Å². The first kappa shape index (κ1) is 17.7. The largest absolute Gasteiger partial charge is 0.324 e. The van der Waals surface area contributed by atoms with Crippen LogP contribution in [0.25, 0.3) is 0 Å². The summed E-state index contributed by atoms with van der Waals surface area (Å²) in [5, 5.41) is 3.09. The van der Waals surface area contributed by atoms with E-state index < -0.39 is 28.3 Å². The van der Waals surface area contributed by atoms with Gasteiger partial charge in [0.1, 0.15) is 5.82 Å². The van der Waals surface area contributed by atoms with Crippen molar-refractivity contribution in [2.24, 2.45) is 0 Å². The van der Waals surface area contributed by atoms with E-state index in [1.807, 2.05) is 0 Å². The van der Waals surface area contributed by atoms with Gasteiger partial charge in [-0.15, -0.1) is 0 Å². The van der Waals surface area contributed by atoms with Crippen molar-refractivity contribution >= 4 is 44.8 Å². The average molecular weight is 377 g/mol. The molecule has 0 aliphatic carbocycles. The van der Waals surface area contributed by atoms with Crippen LogP contribution >= 0.6 is 23.2 Å². The van der Waals surface area contributed by atoms with E-state index >= 15 is 0 Å². The van der Waals surface area contributed by atoms with Crippen LogP contribution < -0.4 is 10.0 Å². The molecule has 2 N–H and O–H groups in total. The number of hydrogen-bond acceptors (Lipinski definition) is 3. The van der Waals surface area contributed by atoms with Gasteiger partial charge in [-0.3, -0.25) is 4.79 Å². The molecule has 2 aromatic carbocycles. The molecule has 0 aliphatic rings. The molecule has 0 fully saturated rings. The fourth-order valence-electron chi connectivity index (χ4n) is 1.64. The van der Waals surface area contributed by atoms with Crippen LogP contribution in [0.3, 0.4) is 0 Å². The van der Waals surface area contributed by atoms with Crippen molar-refractivity contribution in [3.63, 3.8) is 0 Å². The normalized spacial score (nSPS) is 11.3. The summed E-state index contributed by atoms with van der Waals surface area (Å²) in [7, 11) is -3.91. The minimum atomic E-state index is -3.91. The number of halogens is 3. The van der Waals surface area contributed by atoms with E-state index in [0.29, 0.717) is 10.7 Å². The number of anilines is 1. The van der Waals surface area contributed by atoms with Crippen LogP contribution in [0, 0.1) is 5.82 Å². The summed E-state index contributed by atoms with van der Waals surface area (Å²) in [5.74, 6) is -1.17. The fraction of sp³-hybridized carbons (Fsp3) is 0.0714. The smallest absolute Gasteiger partial charge is 0.241 e. The highest BCUT2D eigenvalue weighted by atomic mass is 35.5. The maximum atomic E-state index is 12.8.